The lowest BCUT2D eigenvalue weighted by molar-refractivity contribution is 0.102. The van der Waals surface area contributed by atoms with Crippen molar-refractivity contribution < 1.29 is 13.6 Å². The number of halogens is 5. The lowest BCUT2D eigenvalue weighted by Gasteiger charge is -2.13. The third-order valence-corrected chi connectivity index (χ3v) is 5.56. The Morgan fingerprint density at radius 2 is 1.78 bits per heavy atom. The summed E-state index contributed by atoms with van der Waals surface area (Å²) >= 11 is 15.6. The van der Waals surface area contributed by atoms with E-state index in [2.05, 4.69) is 36.4 Å². The third kappa shape index (κ3) is 4.29. The fraction of sp³-hybridized carbons (Fsp3) is 0. The van der Waals surface area contributed by atoms with E-state index in [1.807, 2.05) is 0 Å². The van der Waals surface area contributed by atoms with E-state index in [1.165, 1.54) is 35.5 Å². The molecule has 2 aromatic heterocycles. The zero-order valence-corrected chi connectivity index (χ0v) is 18.9. The Kier molecular flexibility index (Phi) is 6.09. The molecule has 0 bridgehead atoms. The van der Waals surface area contributed by atoms with Gasteiger partial charge >= 0.3 is 0 Å². The van der Waals surface area contributed by atoms with E-state index < -0.39 is 17.5 Å². The normalized spacial score (nSPS) is 10.9. The summed E-state index contributed by atoms with van der Waals surface area (Å²) in [5, 5.41) is 10.6. The van der Waals surface area contributed by atoms with E-state index in [0.717, 1.165) is 18.2 Å². The monoisotopic (exact) mass is 538 g/mol. The summed E-state index contributed by atoms with van der Waals surface area (Å²) in [5.74, 6) is -1.77. The Morgan fingerprint density at radius 1 is 1.06 bits per heavy atom. The molecule has 0 saturated carbocycles. The average molecular weight is 540 g/mol. The molecule has 12 heteroatoms. The molecule has 3 N–H and O–H groups in total. The number of nitrogens with zero attached hydrogens (tertiary/aromatic N) is 4. The average Bonchev–Trinajstić information content (AvgIpc) is 3.24. The molecule has 1 amide bonds. The number of nitrogens with two attached hydrogens (primary N) is 1. The highest BCUT2D eigenvalue weighted by molar-refractivity contribution is 9.10. The Balaban J connectivity index is 1.63. The zero-order chi connectivity index (χ0) is 23.0. The summed E-state index contributed by atoms with van der Waals surface area (Å²) in [7, 11) is 0. The van der Waals surface area contributed by atoms with Crippen molar-refractivity contribution in [3.05, 3.63) is 80.6 Å². The fourth-order valence-electron chi connectivity index (χ4n) is 2.96. The SMILES string of the molecule is Nc1cc(F)cc(Br)c1-c1cc(Cl)c(C(=O)Nc2cnc(-n3nccn3)c(Cl)c2)cc1F. The van der Waals surface area contributed by atoms with Crippen LogP contribution in [0.2, 0.25) is 10.0 Å². The molecule has 162 valence electrons. The molecule has 4 aromatic rings. The summed E-state index contributed by atoms with van der Waals surface area (Å²) in [5.41, 5.74) is 6.21. The summed E-state index contributed by atoms with van der Waals surface area (Å²) in [4.78, 5) is 18.0. The molecule has 2 heterocycles. The maximum absolute atomic E-state index is 14.9. The lowest BCUT2D eigenvalue weighted by atomic mass is 10.0. The predicted octanol–water partition coefficient (Wildman–Crippen LogP) is 5.51. The van der Waals surface area contributed by atoms with E-state index in [4.69, 9.17) is 28.9 Å². The van der Waals surface area contributed by atoms with Gasteiger partial charge in [-0.15, -0.1) is 4.80 Å². The molecule has 0 atom stereocenters. The Bertz CT molecular complexity index is 1330. The number of hydrogen-bond donors (Lipinski definition) is 2. The van der Waals surface area contributed by atoms with Gasteiger partial charge in [-0.2, -0.15) is 10.2 Å². The lowest BCUT2D eigenvalue weighted by Crippen LogP contribution is -2.14. The van der Waals surface area contributed by atoms with E-state index in [9.17, 15) is 13.6 Å². The molecular weight excluding hydrogens is 529 g/mol. The van der Waals surface area contributed by atoms with Gasteiger partial charge in [-0.05, 0) is 46.3 Å². The van der Waals surface area contributed by atoms with Crippen LogP contribution in [0.25, 0.3) is 16.9 Å². The summed E-state index contributed by atoms with van der Waals surface area (Å²) in [6, 6.07) is 5.88. The standard InChI is InChI=1S/C20H11BrCl2F2N6O/c21-13-3-9(24)4-17(26)18(13)12-6-14(22)11(7-16(12)25)20(32)30-10-5-15(23)19(27-8-10)31-28-1-2-29-31/h1-8H,26H2,(H,30,32). The smallest absolute Gasteiger partial charge is 0.257 e. The van der Waals surface area contributed by atoms with Crippen molar-refractivity contribution in [2.24, 2.45) is 0 Å². The minimum atomic E-state index is -0.769. The second-order valence-corrected chi connectivity index (χ2v) is 8.13. The van der Waals surface area contributed by atoms with Gasteiger partial charge in [-0.25, -0.2) is 13.8 Å². The van der Waals surface area contributed by atoms with Gasteiger partial charge < -0.3 is 11.1 Å². The number of carbonyl (C=O) groups excluding carboxylic acids is 1. The summed E-state index contributed by atoms with van der Waals surface area (Å²) in [6.45, 7) is 0. The van der Waals surface area contributed by atoms with Crippen LogP contribution in [0.5, 0.6) is 0 Å². The number of amides is 1. The number of aromatic nitrogens is 4. The van der Waals surface area contributed by atoms with Crippen LogP contribution in [0, 0.1) is 11.6 Å². The summed E-state index contributed by atoms with van der Waals surface area (Å²) < 4.78 is 28.6. The molecule has 0 aliphatic heterocycles. The van der Waals surface area contributed by atoms with Crippen molar-refractivity contribution in [1.29, 1.82) is 0 Å². The van der Waals surface area contributed by atoms with Crippen molar-refractivity contribution in [3.8, 4) is 16.9 Å². The van der Waals surface area contributed by atoms with Crippen molar-refractivity contribution in [1.82, 2.24) is 20.0 Å². The van der Waals surface area contributed by atoms with Gasteiger partial charge in [0.25, 0.3) is 5.91 Å². The first-order chi connectivity index (χ1) is 15.2. The number of nitrogen functional groups attached to an aromatic ring is 1. The molecule has 0 aliphatic rings. The topological polar surface area (TPSA) is 98.7 Å². The first kappa shape index (κ1) is 22.1. The van der Waals surface area contributed by atoms with Crippen molar-refractivity contribution in [3.63, 3.8) is 0 Å². The first-order valence-electron chi connectivity index (χ1n) is 8.82. The van der Waals surface area contributed by atoms with Gasteiger partial charge in [-0.3, -0.25) is 4.79 Å². The highest BCUT2D eigenvalue weighted by atomic mass is 79.9. The number of carbonyl (C=O) groups is 1. The van der Waals surface area contributed by atoms with Crippen LogP contribution < -0.4 is 11.1 Å². The number of hydrogen-bond acceptors (Lipinski definition) is 5. The highest BCUT2D eigenvalue weighted by Gasteiger charge is 2.20. The Hall–Kier alpha value is -3.08. The zero-order valence-electron chi connectivity index (χ0n) is 15.8. The summed E-state index contributed by atoms with van der Waals surface area (Å²) in [6.07, 6.45) is 4.27. The van der Waals surface area contributed by atoms with E-state index in [0.29, 0.717) is 0 Å². The molecule has 4 rings (SSSR count). The highest BCUT2D eigenvalue weighted by Crippen LogP contribution is 2.38. The quantitative estimate of drug-likeness (QED) is 0.333. The molecule has 0 unspecified atom stereocenters. The molecule has 0 spiro atoms. The molecule has 2 aromatic carbocycles. The van der Waals surface area contributed by atoms with Crippen LogP contribution in [0.3, 0.4) is 0 Å². The van der Waals surface area contributed by atoms with Gasteiger partial charge in [-0.1, -0.05) is 23.2 Å². The Labute approximate surface area is 198 Å². The van der Waals surface area contributed by atoms with Gasteiger partial charge in [0.1, 0.15) is 11.6 Å². The van der Waals surface area contributed by atoms with E-state index in [-0.39, 0.29) is 48.4 Å². The van der Waals surface area contributed by atoms with Crippen LogP contribution in [-0.2, 0) is 0 Å². The van der Waals surface area contributed by atoms with Crippen molar-refractivity contribution in [2.45, 2.75) is 0 Å². The second-order valence-electron chi connectivity index (χ2n) is 6.47. The fourth-order valence-corrected chi connectivity index (χ4v) is 4.11. The van der Waals surface area contributed by atoms with E-state index in [1.54, 1.807) is 0 Å². The third-order valence-electron chi connectivity index (χ3n) is 4.34. The number of benzene rings is 2. The van der Waals surface area contributed by atoms with Gasteiger partial charge in [0.2, 0.25) is 0 Å². The number of anilines is 2. The number of pyridine rings is 1. The molecule has 0 saturated heterocycles. The Morgan fingerprint density at radius 3 is 2.44 bits per heavy atom. The minimum absolute atomic E-state index is 0.0107. The van der Waals surface area contributed by atoms with E-state index >= 15 is 0 Å². The maximum atomic E-state index is 14.9. The largest absolute Gasteiger partial charge is 0.398 e. The van der Waals surface area contributed by atoms with Crippen molar-refractivity contribution in [2.75, 3.05) is 11.1 Å². The number of nitrogens with one attached hydrogen (secondary N) is 1. The number of rotatable bonds is 4. The molecule has 0 aliphatic carbocycles. The van der Waals surface area contributed by atoms with Gasteiger partial charge in [0.05, 0.1) is 39.9 Å². The first-order valence-corrected chi connectivity index (χ1v) is 10.4. The van der Waals surface area contributed by atoms with Crippen LogP contribution in [0.4, 0.5) is 20.2 Å². The van der Waals surface area contributed by atoms with Gasteiger partial charge in [0.15, 0.2) is 5.82 Å². The maximum Gasteiger partial charge on any atom is 0.257 e. The minimum Gasteiger partial charge on any atom is -0.398 e. The molecule has 0 radical (unpaired) electrons. The second kappa shape index (κ2) is 8.81. The van der Waals surface area contributed by atoms with Crippen LogP contribution >= 0.6 is 39.1 Å². The van der Waals surface area contributed by atoms with Crippen molar-refractivity contribution >= 4 is 56.4 Å². The van der Waals surface area contributed by atoms with Crippen LogP contribution in [-0.4, -0.2) is 25.9 Å². The van der Waals surface area contributed by atoms with Crippen LogP contribution in [0.1, 0.15) is 10.4 Å². The molecular formula is C20H11BrCl2F2N6O. The molecule has 32 heavy (non-hydrogen) atoms. The molecule has 7 nitrogen and oxygen atoms in total. The molecule has 0 fully saturated rings. The van der Waals surface area contributed by atoms with Gasteiger partial charge in [0, 0.05) is 21.3 Å². The predicted molar refractivity (Wildman–Crippen MR) is 121 cm³/mol. The van der Waals surface area contributed by atoms with Crippen LogP contribution in [0.15, 0.2) is 53.4 Å².